The average molecular weight is 371 g/mol. The number of carbonyl (C=O) groups excluding carboxylic acids is 2. The van der Waals surface area contributed by atoms with Crippen molar-refractivity contribution in [1.29, 1.82) is 0 Å². The van der Waals surface area contributed by atoms with Crippen LogP contribution in [-0.2, 0) is 11.2 Å². The molecule has 1 aromatic carbocycles. The van der Waals surface area contributed by atoms with Crippen LogP contribution < -0.4 is 5.32 Å². The highest BCUT2D eigenvalue weighted by Crippen LogP contribution is 2.21. The van der Waals surface area contributed by atoms with E-state index in [1.165, 1.54) is 12.7 Å². The number of H-pyrrole nitrogens is 1. The molecule has 0 aliphatic carbocycles. The van der Waals surface area contributed by atoms with Gasteiger partial charge in [0.1, 0.15) is 5.69 Å². The van der Waals surface area contributed by atoms with Crippen molar-refractivity contribution >= 4 is 11.9 Å². The zero-order valence-electron chi connectivity index (χ0n) is 17.0. The minimum absolute atomic E-state index is 0.0521. The lowest BCUT2D eigenvalue weighted by Gasteiger charge is -2.25. The predicted octanol–water partition coefficient (Wildman–Crippen LogP) is 3.01. The Bertz CT molecular complexity index is 807. The molecule has 0 aliphatic heterocycles. The molecule has 1 aromatic heterocycles. The second kappa shape index (κ2) is 8.86. The first-order valence-corrected chi connectivity index (χ1v) is 9.11. The van der Waals surface area contributed by atoms with Crippen molar-refractivity contribution in [3.8, 4) is 0 Å². The van der Waals surface area contributed by atoms with Crippen LogP contribution in [0.25, 0.3) is 0 Å². The number of ether oxygens (including phenoxy) is 1. The molecule has 1 amide bonds. The van der Waals surface area contributed by atoms with Gasteiger partial charge >= 0.3 is 5.97 Å². The molecule has 0 radical (unpaired) electrons. The number of aromatic amines is 1. The van der Waals surface area contributed by atoms with E-state index in [0.717, 1.165) is 12.0 Å². The van der Waals surface area contributed by atoms with E-state index in [0.29, 0.717) is 29.1 Å². The highest BCUT2D eigenvalue weighted by Gasteiger charge is 2.23. The van der Waals surface area contributed by atoms with Crippen LogP contribution in [0.3, 0.4) is 0 Å². The fraction of sp³-hybridized carbons (Fsp3) is 0.429. The average Bonchev–Trinajstić information content (AvgIpc) is 2.95. The van der Waals surface area contributed by atoms with Gasteiger partial charge in [-0.2, -0.15) is 0 Å². The van der Waals surface area contributed by atoms with Crippen molar-refractivity contribution < 1.29 is 14.3 Å². The molecule has 6 heteroatoms. The minimum Gasteiger partial charge on any atom is -0.465 e. The van der Waals surface area contributed by atoms with Gasteiger partial charge in [0.05, 0.1) is 18.7 Å². The molecule has 0 bridgehead atoms. The summed E-state index contributed by atoms with van der Waals surface area (Å²) in [6.45, 7) is 6.09. The predicted molar refractivity (Wildman–Crippen MR) is 106 cm³/mol. The lowest BCUT2D eigenvalue weighted by molar-refractivity contribution is 0.0599. The maximum atomic E-state index is 12.7. The van der Waals surface area contributed by atoms with E-state index in [9.17, 15) is 9.59 Å². The van der Waals surface area contributed by atoms with Gasteiger partial charge in [-0.3, -0.25) is 4.79 Å². The van der Waals surface area contributed by atoms with Crippen molar-refractivity contribution in [2.75, 3.05) is 27.7 Å². The van der Waals surface area contributed by atoms with E-state index in [1.54, 1.807) is 13.8 Å². The van der Waals surface area contributed by atoms with E-state index in [4.69, 9.17) is 4.74 Å². The number of aryl methyl sites for hydroxylation is 2. The number of amides is 1. The largest absolute Gasteiger partial charge is 0.465 e. The Morgan fingerprint density at radius 2 is 1.81 bits per heavy atom. The third kappa shape index (κ3) is 4.57. The van der Waals surface area contributed by atoms with E-state index in [2.05, 4.69) is 46.4 Å². The van der Waals surface area contributed by atoms with E-state index in [1.807, 2.05) is 14.1 Å². The zero-order valence-corrected chi connectivity index (χ0v) is 17.0. The van der Waals surface area contributed by atoms with Crippen LogP contribution in [0.2, 0.25) is 0 Å². The molecule has 27 heavy (non-hydrogen) atoms. The normalized spacial score (nSPS) is 12.1. The molecule has 0 spiro atoms. The number of nitrogens with zero attached hydrogens (tertiary/aromatic N) is 1. The standard InChI is InChI=1S/C21H29N3O3/c1-7-15-8-10-16(11-9-15)17(24(4)5)12-22-20(25)19-13(2)18(14(3)23-19)21(26)27-6/h8-11,17,23H,7,12H2,1-6H3,(H,22,25). The molecule has 0 aliphatic rings. The van der Waals surface area contributed by atoms with Gasteiger partial charge in [-0.15, -0.1) is 0 Å². The third-order valence-electron chi connectivity index (χ3n) is 4.91. The van der Waals surface area contributed by atoms with Crippen LogP contribution in [0.5, 0.6) is 0 Å². The van der Waals surface area contributed by atoms with E-state index >= 15 is 0 Å². The van der Waals surface area contributed by atoms with Gasteiger partial charge in [-0.1, -0.05) is 31.2 Å². The number of nitrogens with one attached hydrogen (secondary N) is 2. The topological polar surface area (TPSA) is 74.4 Å². The Labute approximate surface area is 160 Å². The molecule has 2 aromatic rings. The highest BCUT2D eigenvalue weighted by atomic mass is 16.5. The quantitative estimate of drug-likeness (QED) is 0.734. The second-order valence-electron chi connectivity index (χ2n) is 6.90. The number of benzene rings is 1. The molecule has 1 heterocycles. The fourth-order valence-corrected chi connectivity index (χ4v) is 3.24. The first-order valence-electron chi connectivity index (χ1n) is 9.11. The maximum absolute atomic E-state index is 12.7. The molecule has 2 rings (SSSR count). The lowest BCUT2D eigenvalue weighted by Crippen LogP contribution is -2.35. The van der Waals surface area contributed by atoms with Crippen LogP contribution in [0, 0.1) is 13.8 Å². The summed E-state index contributed by atoms with van der Waals surface area (Å²) < 4.78 is 4.80. The van der Waals surface area contributed by atoms with Crippen LogP contribution in [0.15, 0.2) is 24.3 Å². The number of hydrogen-bond acceptors (Lipinski definition) is 4. The SMILES string of the molecule is CCc1ccc(C(CNC(=O)c2[nH]c(C)c(C(=O)OC)c2C)N(C)C)cc1. The van der Waals surface area contributed by atoms with Crippen molar-refractivity contribution in [3.05, 3.63) is 57.9 Å². The number of aromatic nitrogens is 1. The molecule has 1 unspecified atom stereocenters. The third-order valence-corrected chi connectivity index (χ3v) is 4.91. The lowest BCUT2D eigenvalue weighted by atomic mass is 10.0. The molecular formula is C21H29N3O3. The second-order valence-corrected chi connectivity index (χ2v) is 6.90. The van der Waals surface area contributed by atoms with Crippen LogP contribution in [0.1, 0.15) is 56.2 Å². The van der Waals surface area contributed by atoms with Crippen molar-refractivity contribution in [2.24, 2.45) is 0 Å². The Kier molecular flexibility index (Phi) is 6.80. The molecule has 2 N–H and O–H groups in total. The Balaban J connectivity index is 2.15. The fourth-order valence-electron chi connectivity index (χ4n) is 3.24. The number of hydrogen-bond donors (Lipinski definition) is 2. The van der Waals surface area contributed by atoms with Gasteiger partial charge in [0.15, 0.2) is 0 Å². The molecular weight excluding hydrogens is 342 g/mol. The summed E-state index contributed by atoms with van der Waals surface area (Å²) >= 11 is 0. The van der Waals surface area contributed by atoms with Gasteiger partial charge in [0, 0.05) is 12.2 Å². The smallest absolute Gasteiger partial charge is 0.339 e. The number of esters is 1. The Hall–Kier alpha value is -2.60. The zero-order chi connectivity index (χ0) is 20.1. The van der Waals surface area contributed by atoms with Gasteiger partial charge in [-0.25, -0.2) is 4.79 Å². The maximum Gasteiger partial charge on any atom is 0.339 e. The molecule has 1 atom stereocenters. The first-order chi connectivity index (χ1) is 12.8. The Morgan fingerprint density at radius 1 is 1.19 bits per heavy atom. The van der Waals surface area contributed by atoms with Gasteiger partial charge in [0.25, 0.3) is 5.91 Å². The molecule has 6 nitrogen and oxygen atoms in total. The number of methoxy groups -OCH3 is 1. The number of likely N-dealkylation sites (N-methyl/N-ethyl adjacent to an activating group) is 1. The Morgan fingerprint density at radius 3 is 2.33 bits per heavy atom. The number of carbonyl (C=O) groups is 2. The first kappa shape index (κ1) is 20.7. The van der Waals surface area contributed by atoms with E-state index in [-0.39, 0.29) is 11.9 Å². The number of rotatable bonds is 7. The van der Waals surface area contributed by atoms with Gasteiger partial charge < -0.3 is 19.9 Å². The van der Waals surface area contributed by atoms with Crippen LogP contribution >= 0.6 is 0 Å². The van der Waals surface area contributed by atoms with E-state index < -0.39 is 5.97 Å². The van der Waals surface area contributed by atoms with Gasteiger partial charge in [0.2, 0.25) is 0 Å². The van der Waals surface area contributed by atoms with Crippen molar-refractivity contribution in [2.45, 2.75) is 33.2 Å². The monoisotopic (exact) mass is 371 g/mol. The van der Waals surface area contributed by atoms with Crippen molar-refractivity contribution in [3.63, 3.8) is 0 Å². The summed E-state index contributed by atoms with van der Waals surface area (Å²) in [5, 5.41) is 2.98. The minimum atomic E-state index is -0.442. The molecule has 146 valence electrons. The molecule has 0 saturated heterocycles. The summed E-state index contributed by atoms with van der Waals surface area (Å²) in [6, 6.07) is 8.50. The van der Waals surface area contributed by atoms with Crippen LogP contribution in [-0.4, -0.2) is 49.5 Å². The summed E-state index contributed by atoms with van der Waals surface area (Å²) in [4.78, 5) is 29.7. The summed E-state index contributed by atoms with van der Waals surface area (Å²) in [7, 11) is 5.31. The summed E-state index contributed by atoms with van der Waals surface area (Å²) in [6.07, 6.45) is 0.998. The molecule has 0 saturated carbocycles. The van der Waals surface area contributed by atoms with Crippen LogP contribution in [0.4, 0.5) is 0 Å². The highest BCUT2D eigenvalue weighted by molar-refractivity contribution is 6.00. The molecule has 0 fully saturated rings. The van der Waals surface area contributed by atoms with Gasteiger partial charge in [-0.05, 0) is 51.1 Å². The summed E-state index contributed by atoms with van der Waals surface area (Å²) in [5.41, 5.74) is 4.48. The summed E-state index contributed by atoms with van der Waals surface area (Å²) in [5.74, 6) is -0.676. The van der Waals surface area contributed by atoms with Crippen molar-refractivity contribution in [1.82, 2.24) is 15.2 Å².